The zero-order valence-electron chi connectivity index (χ0n) is 18.6. The molecule has 2 aromatic carbocycles. The van der Waals surface area contributed by atoms with Crippen LogP contribution in [0.25, 0.3) is 11.3 Å². The van der Waals surface area contributed by atoms with E-state index in [4.69, 9.17) is 21.1 Å². The zero-order chi connectivity index (χ0) is 23.5. The van der Waals surface area contributed by atoms with Gasteiger partial charge in [-0.05, 0) is 49.7 Å². The average Bonchev–Trinajstić information content (AvgIpc) is 3.26. The van der Waals surface area contributed by atoms with Gasteiger partial charge in [-0.1, -0.05) is 17.7 Å². The van der Waals surface area contributed by atoms with Crippen molar-refractivity contribution in [3.8, 4) is 17.0 Å². The van der Waals surface area contributed by atoms with Crippen LogP contribution in [-0.2, 0) is 20.7 Å². The number of carbonyl (C=O) groups is 2. The van der Waals surface area contributed by atoms with Gasteiger partial charge in [0.2, 0.25) is 5.91 Å². The number of hydrogen-bond acceptors (Lipinski definition) is 6. The van der Waals surface area contributed by atoms with Crippen molar-refractivity contribution < 1.29 is 19.1 Å². The summed E-state index contributed by atoms with van der Waals surface area (Å²) in [6.45, 7) is 4.01. The number of hydrogen-bond donors (Lipinski definition) is 1. The summed E-state index contributed by atoms with van der Waals surface area (Å²) in [7, 11) is 1.66. The van der Waals surface area contributed by atoms with Crippen molar-refractivity contribution in [2.45, 2.75) is 26.4 Å². The van der Waals surface area contributed by atoms with Crippen molar-refractivity contribution in [1.29, 1.82) is 0 Å². The summed E-state index contributed by atoms with van der Waals surface area (Å²) in [6.07, 6.45) is 0.0458. The lowest BCUT2D eigenvalue weighted by Crippen LogP contribution is -2.47. The Morgan fingerprint density at radius 3 is 2.91 bits per heavy atom. The molecule has 1 aliphatic heterocycles. The first-order valence-electron chi connectivity index (χ1n) is 10.5. The molecule has 0 bridgehead atoms. The van der Waals surface area contributed by atoms with Gasteiger partial charge in [0.05, 0.1) is 23.0 Å². The fraction of sp³-hybridized carbons (Fsp3) is 0.292. The Balaban J connectivity index is 1.59. The zero-order valence-corrected chi connectivity index (χ0v) is 20.1. The van der Waals surface area contributed by atoms with Gasteiger partial charge in [0.25, 0.3) is 5.91 Å². The smallest absolute Gasteiger partial charge is 0.268 e. The largest absolute Gasteiger partial charge is 0.479 e. The summed E-state index contributed by atoms with van der Waals surface area (Å²) < 4.78 is 10.9. The van der Waals surface area contributed by atoms with Gasteiger partial charge in [-0.25, -0.2) is 4.98 Å². The van der Waals surface area contributed by atoms with E-state index in [1.165, 1.54) is 4.90 Å². The molecular weight excluding hydrogens is 462 g/mol. The van der Waals surface area contributed by atoms with Crippen LogP contribution in [0.4, 0.5) is 11.4 Å². The minimum atomic E-state index is -0.691. The summed E-state index contributed by atoms with van der Waals surface area (Å²) in [5, 5.41) is 6.32. The molecule has 1 aliphatic rings. The topological polar surface area (TPSA) is 80.8 Å². The van der Waals surface area contributed by atoms with Gasteiger partial charge < -0.3 is 14.8 Å². The molecule has 0 spiro atoms. The number of rotatable bonds is 7. The summed E-state index contributed by atoms with van der Waals surface area (Å²) in [6, 6.07) is 10.8. The van der Waals surface area contributed by atoms with Crippen LogP contribution < -0.4 is 15.0 Å². The third kappa shape index (κ3) is 5.19. The number of benzene rings is 2. The fourth-order valence-electron chi connectivity index (χ4n) is 3.54. The first kappa shape index (κ1) is 23.2. The molecule has 2 heterocycles. The molecule has 1 aromatic heterocycles. The Bertz CT molecular complexity index is 1200. The predicted octanol–water partition coefficient (Wildman–Crippen LogP) is 4.71. The number of ether oxygens (including phenoxy) is 2. The highest BCUT2D eigenvalue weighted by Crippen LogP contribution is 2.38. The highest BCUT2D eigenvalue weighted by Gasteiger charge is 2.33. The third-order valence-electron chi connectivity index (χ3n) is 5.31. The Morgan fingerprint density at radius 2 is 2.12 bits per heavy atom. The molecule has 1 atom stereocenters. The molecule has 0 fully saturated rings. The normalized spacial score (nSPS) is 15.2. The van der Waals surface area contributed by atoms with Crippen molar-refractivity contribution in [2.75, 3.05) is 30.5 Å². The highest BCUT2D eigenvalue weighted by molar-refractivity contribution is 7.09. The SMILES string of the molecule is COCCc1nc(-c2ccc3c(c2)N(CC(=O)Nc2cc(Cl)ccc2C)C(=O)C(C)O3)cs1. The second-order valence-corrected chi connectivity index (χ2v) is 9.12. The van der Waals surface area contributed by atoms with E-state index in [2.05, 4.69) is 10.3 Å². The fourth-order valence-corrected chi connectivity index (χ4v) is 4.50. The molecule has 0 saturated carbocycles. The van der Waals surface area contributed by atoms with Gasteiger partial charge in [-0.2, -0.15) is 0 Å². The van der Waals surface area contributed by atoms with E-state index in [0.717, 1.165) is 28.2 Å². The van der Waals surface area contributed by atoms with Crippen molar-refractivity contribution >= 4 is 46.1 Å². The summed E-state index contributed by atoms with van der Waals surface area (Å²) >= 11 is 7.62. The van der Waals surface area contributed by atoms with E-state index in [1.54, 1.807) is 37.5 Å². The van der Waals surface area contributed by atoms with E-state index >= 15 is 0 Å². The number of methoxy groups -OCH3 is 1. The lowest BCUT2D eigenvalue weighted by atomic mass is 10.1. The van der Waals surface area contributed by atoms with Gasteiger partial charge >= 0.3 is 0 Å². The summed E-state index contributed by atoms with van der Waals surface area (Å²) in [4.78, 5) is 31.9. The van der Waals surface area contributed by atoms with Crippen LogP contribution in [-0.4, -0.2) is 43.2 Å². The third-order valence-corrected chi connectivity index (χ3v) is 6.45. The number of aryl methyl sites for hydroxylation is 1. The van der Waals surface area contributed by atoms with Crippen molar-refractivity contribution in [3.63, 3.8) is 0 Å². The average molecular weight is 486 g/mol. The minimum Gasteiger partial charge on any atom is -0.479 e. The number of anilines is 2. The van der Waals surface area contributed by atoms with Gasteiger partial charge in [-0.3, -0.25) is 14.5 Å². The number of halogens is 1. The second kappa shape index (κ2) is 9.91. The number of amides is 2. The van der Waals surface area contributed by atoms with E-state index in [-0.39, 0.29) is 18.4 Å². The van der Waals surface area contributed by atoms with Crippen LogP contribution in [0.2, 0.25) is 5.02 Å². The van der Waals surface area contributed by atoms with Gasteiger partial charge in [0, 0.05) is 35.2 Å². The molecule has 4 rings (SSSR count). The molecule has 1 N–H and O–H groups in total. The second-order valence-electron chi connectivity index (χ2n) is 7.74. The lowest BCUT2D eigenvalue weighted by molar-refractivity contribution is -0.127. The Morgan fingerprint density at radius 1 is 1.30 bits per heavy atom. The van der Waals surface area contributed by atoms with E-state index in [1.807, 2.05) is 36.6 Å². The number of aromatic nitrogens is 1. The maximum atomic E-state index is 12.9. The molecule has 3 aromatic rings. The van der Waals surface area contributed by atoms with Crippen LogP contribution >= 0.6 is 22.9 Å². The van der Waals surface area contributed by atoms with Crippen LogP contribution in [0.3, 0.4) is 0 Å². The molecule has 0 aliphatic carbocycles. The van der Waals surface area contributed by atoms with Crippen LogP contribution in [0.5, 0.6) is 5.75 Å². The number of carbonyl (C=O) groups excluding carboxylic acids is 2. The minimum absolute atomic E-state index is 0.148. The van der Waals surface area contributed by atoms with Crippen molar-refractivity contribution in [2.24, 2.45) is 0 Å². The number of thiazole rings is 1. The number of fused-ring (bicyclic) bond motifs is 1. The predicted molar refractivity (Wildman–Crippen MR) is 130 cm³/mol. The van der Waals surface area contributed by atoms with Crippen LogP contribution in [0.15, 0.2) is 41.8 Å². The molecule has 0 radical (unpaired) electrons. The Hall–Kier alpha value is -2.94. The molecule has 33 heavy (non-hydrogen) atoms. The highest BCUT2D eigenvalue weighted by atomic mass is 35.5. The van der Waals surface area contributed by atoms with Crippen molar-refractivity contribution in [3.05, 3.63) is 57.4 Å². The molecule has 0 saturated heterocycles. The maximum absolute atomic E-state index is 12.9. The van der Waals surface area contributed by atoms with Gasteiger partial charge in [-0.15, -0.1) is 11.3 Å². The first-order chi connectivity index (χ1) is 15.9. The summed E-state index contributed by atoms with van der Waals surface area (Å²) in [5.41, 5.74) is 3.68. The molecule has 7 nitrogen and oxygen atoms in total. The lowest BCUT2D eigenvalue weighted by Gasteiger charge is -2.33. The Kier molecular flexibility index (Phi) is 6.97. The van der Waals surface area contributed by atoms with E-state index in [9.17, 15) is 9.59 Å². The first-order valence-corrected chi connectivity index (χ1v) is 11.7. The quantitative estimate of drug-likeness (QED) is 0.524. The summed E-state index contributed by atoms with van der Waals surface area (Å²) in [5.74, 6) is -0.0567. The standard InChI is InChI=1S/C24H24ClN3O4S/c1-14-4-6-17(25)11-18(14)26-22(29)12-28-20-10-16(5-7-21(20)32-15(2)24(28)30)19-13-33-23(27-19)8-9-31-3/h4-7,10-11,13,15H,8-9,12H2,1-3H3,(H,26,29). The van der Waals surface area contributed by atoms with Gasteiger partial charge in [0.15, 0.2) is 6.10 Å². The number of nitrogens with one attached hydrogen (secondary N) is 1. The molecule has 1 unspecified atom stereocenters. The molecule has 9 heteroatoms. The molecular formula is C24H24ClN3O4S. The van der Waals surface area contributed by atoms with Crippen LogP contribution in [0.1, 0.15) is 17.5 Å². The van der Waals surface area contributed by atoms with Gasteiger partial charge in [0.1, 0.15) is 12.3 Å². The maximum Gasteiger partial charge on any atom is 0.268 e. The molecule has 2 amide bonds. The molecule has 172 valence electrons. The Labute approximate surface area is 201 Å². The number of nitrogens with zero attached hydrogens (tertiary/aromatic N) is 2. The monoisotopic (exact) mass is 485 g/mol. The van der Waals surface area contributed by atoms with E-state index in [0.29, 0.717) is 28.8 Å². The van der Waals surface area contributed by atoms with Crippen LogP contribution in [0, 0.1) is 6.92 Å². The van der Waals surface area contributed by atoms with Crippen molar-refractivity contribution in [1.82, 2.24) is 4.98 Å². The van der Waals surface area contributed by atoms with E-state index < -0.39 is 6.10 Å².